The minimum atomic E-state index is -0.331. The molecule has 1 saturated heterocycles. The van der Waals surface area contributed by atoms with E-state index in [-0.39, 0.29) is 17.3 Å². The Morgan fingerprint density at radius 3 is 2.83 bits per heavy atom. The Hall–Kier alpha value is -2.86. The second-order valence-corrected chi connectivity index (χ2v) is 8.54. The van der Waals surface area contributed by atoms with Gasteiger partial charge >= 0.3 is 5.69 Å². The lowest BCUT2D eigenvalue weighted by atomic mass is 9.73. The molecule has 30 heavy (non-hydrogen) atoms. The minimum Gasteiger partial charge on any atom is -0.496 e. The molecule has 2 N–H and O–H groups in total. The zero-order valence-electron chi connectivity index (χ0n) is 17.4. The van der Waals surface area contributed by atoms with Crippen molar-refractivity contribution in [3.8, 4) is 5.75 Å². The molecule has 2 aromatic carbocycles. The predicted molar refractivity (Wildman–Crippen MR) is 118 cm³/mol. The molecule has 5 rings (SSSR count). The largest absolute Gasteiger partial charge is 0.496 e. The highest BCUT2D eigenvalue weighted by Gasteiger charge is 2.40. The van der Waals surface area contributed by atoms with Crippen LogP contribution < -0.4 is 21.3 Å². The number of methoxy groups -OCH3 is 1. The van der Waals surface area contributed by atoms with Gasteiger partial charge in [0.2, 0.25) is 0 Å². The number of aromatic nitrogens is 2. The van der Waals surface area contributed by atoms with E-state index in [1.807, 2.05) is 25.1 Å². The number of nitrogens with one attached hydrogen (secondary N) is 2. The molecule has 156 valence electrons. The second kappa shape index (κ2) is 7.43. The van der Waals surface area contributed by atoms with E-state index in [4.69, 9.17) is 4.74 Å². The van der Waals surface area contributed by atoms with Crippen molar-refractivity contribution < 1.29 is 4.74 Å². The molecular formula is C24H27N3O3. The lowest BCUT2D eigenvalue weighted by molar-refractivity contribution is 0.371. The fourth-order valence-corrected chi connectivity index (χ4v) is 5.50. The molecule has 1 aliphatic carbocycles. The van der Waals surface area contributed by atoms with E-state index >= 15 is 0 Å². The average molecular weight is 405 g/mol. The van der Waals surface area contributed by atoms with E-state index in [0.29, 0.717) is 29.3 Å². The zero-order valence-corrected chi connectivity index (χ0v) is 17.4. The van der Waals surface area contributed by atoms with Crippen molar-refractivity contribution in [3.05, 3.63) is 73.9 Å². The molecule has 1 unspecified atom stereocenters. The lowest BCUT2D eigenvalue weighted by Gasteiger charge is -2.32. The van der Waals surface area contributed by atoms with Crippen molar-refractivity contribution in [1.82, 2.24) is 14.9 Å². The van der Waals surface area contributed by atoms with Crippen molar-refractivity contribution in [1.29, 1.82) is 0 Å². The molecule has 0 saturated carbocycles. The third-order valence-corrected chi connectivity index (χ3v) is 6.99. The summed E-state index contributed by atoms with van der Waals surface area (Å²) in [4.78, 5) is 28.5. The van der Waals surface area contributed by atoms with Crippen molar-refractivity contribution in [3.63, 3.8) is 0 Å². The number of aromatic amines is 1. The summed E-state index contributed by atoms with van der Waals surface area (Å²) < 4.78 is 6.95. The van der Waals surface area contributed by atoms with E-state index in [1.165, 1.54) is 15.7 Å². The Balaban J connectivity index is 1.45. The maximum absolute atomic E-state index is 13.0. The Labute approximate surface area is 174 Å². The molecule has 3 atom stereocenters. The van der Waals surface area contributed by atoms with Crippen LogP contribution in [0.2, 0.25) is 0 Å². The van der Waals surface area contributed by atoms with E-state index in [2.05, 4.69) is 22.4 Å². The van der Waals surface area contributed by atoms with Crippen LogP contribution >= 0.6 is 0 Å². The van der Waals surface area contributed by atoms with E-state index in [9.17, 15) is 9.59 Å². The maximum atomic E-state index is 13.0. The van der Waals surface area contributed by atoms with Gasteiger partial charge in [-0.1, -0.05) is 24.3 Å². The maximum Gasteiger partial charge on any atom is 0.328 e. The van der Waals surface area contributed by atoms with Gasteiger partial charge in [0.1, 0.15) is 5.75 Å². The van der Waals surface area contributed by atoms with E-state index in [0.717, 1.165) is 37.1 Å². The summed E-state index contributed by atoms with van der Waals surface area (Å²) in [5.41, 5.74) is 3.67. The molecule has 0 amide bonds. The van der Waals surface area contributed by atoms with Crippen LogP contribution in [0, 0.1) is 12.8 Å². The standard InChI is InChI=1S/C24H27N3O3/c1-14-5-3-7-18-22(14)26-24(29)27(23(18)28)12-11-19-21-15(13-25-19)9-10-16-17(21)6-4-8-20(16)30-2/h3-8,15,19,21,25H,9-13H2,1-2H3,(H,26,29)/t15-,19?,21+/m0/s1. The highest BCUT2D eigenvalue weighted by atomic mass is 16.5. The Morgan fingerprint density at radius 1 is 1.17 bits per heavy atom. The number of H-pyrrole nitrogens is 1. The summed E-state index contributed by atoms with van der Waals surface area (Å²) in [6.07, 6.45) is 2.91. The molecule has 6 nitrogen and oxygen atoms in total. The van der Waals surface area contributed by atoms with Crippen molar-refractivity contribution in [2.75, 3.05) is 13.7 Å². The van der Waals surface area contributed by atoms with Crippen molar-refractivity contribution in [2.24, 2.45) is 5.92 Å². The topological polar surface area (TPSA) is 76.1 Å². The molecular weight excluding hydrogens is 378 g/mol. The molecule has 2 heterocycles. The minimum absolute atomic E-state index is 0.210. The van der Waals surface area contributed by atoms with E-state index < -0.39 is 0 Å². The molecule has 0 spiro atoms. The normalized spacial score (nSPS) is 22.7. The van der Waals surface area contributed by atoms with Crippen LogP contribution in [0.5, 0.6) is 5.75 Å². The summed E-state index contributed by atoms with van der Waals surface area (Å²) in [5.74, 6) is 1.94. The first kappa shape index (κ1) is 19.1. The van der Waals surface area contributed by atoms with Gasteiger partial charge in [-0.3, -0.25) is 9.36 Å². The van der Waals surface area contributed by atoms with Gasteiger partial charge in [-0.2, -0.15) is 0 Å². The van der Waals surface area contributed by atoms with Crippen LogP contribution in [-0.2, 0) is 13.0 Å². The van der Waals surface area contributed by atoms with Crippen LogP contribution in [0.4, 0.5) is 0 Å². The van der Waals surface area contributed by atoms with Crippen LogP contribution in [0.1, 0.15) is 35.4 Å². The summed E-state index contributed by atoms with van der Waals surface area (Å²) in [7, 11) is 1.73. The van der Waals surface area contributed by atoms with Gasteiger partial charge in [0.25, 0.3) is 5.56 Å². The SMILES string of the molecule is COc1cccc2c1CC[C@H]1CNC(CCn3c(=O)[nH]c4c(C)cccc4c3=O)[C@@H]21. The van der Waals surface area contributed by atoms with Crippen LogP contribution in [0.15, 0.2) is 46.0 Å². The molecule has 6 heteroatoms. The van der Waals surface area contributed by atoms with Gasteiger partial charge in [-0.25, -0.2) is 4.79 Å². The highest BCUT2D eigenvalue weighted by Crippen LogP contribution is 2.45. The van der Waals surface area contributed by atoms with Gasteiger partial charge < -0.3 is 15.0 Å². The number of rotatable bonds is 4. The predicted octanol–water partition coefficient (Wildman–Crippen LogP) is 2.71. The summed E-state index contributed by atoms with van der Waals surface area (Å²) in [6, 6.07) is 12.1. The van der Waals surface area contributed by atoms with Gasteiger partial charge in [0.05, 0.1) is 18.0 Å². The molecule has 1 fully saturated rings. The highest BCUT2D eigenvalue weighted by molar-refractivity contribution is 5.80. The molecule has 1 aliphatic heterocycles. The van der Waals surface area contributed by atoms with Crippen LogP contribution in [-0.4, -0.2) is 29.2 Å². The fourth-order valence-electron chi connectivity index (χ4n) is 5.50. The monoisotopic (exact) mass is 405 g/mol. The quantitative estimate of drug-likeness (QED) is 0.700. The summed E-state index contributed by atoms with van der Waals surface area (Å²) in [6.45, 7) is 3.28. The second-order valence-electron chi connectivity index (χ2n) is 8.54. The smallest absolute Gasteiger partial charge is 0.328 e. The van der Waals surface area contributed by atoms with Gasteiger partial charge in [-0.05, 0) is 67.5 Å². The van der Waals surface area contributed by atoms with Crippen LogP contribution in [0.25, 0.3) is 10.9 Å². The number of benzene rings is 2. The van der Waals surface area contributed by atoms with Crippen molar-refractivity contribution in [2.45, 2.75) is 44.7 Å². The fraction of sp³-hybridized carbons (Fsp3) is 0.417. The number of hydrogen-bond donors (Lipinski definition) is 2. The average Bonchev–Trinajstić information content (AvgIpc) is 3.17. The van der Waals surface area contributed by atoms with Gasteiger partial charge in [0, 0.05) is 18.5 Å². The van der Waals surface area contributed by atoms with Gasteiger partial charge in [-0.15, -0.1) is 0 Å². The summed E-state index contributed by atoms with van der Waals surface area (Å²) in [5, 5.41) is 4.23. The Kier molecular flexibility index (Phi) is 4.74. The number of aryl methyl sites for hydroxylation is 1. The lowest BCUT2D eigenvalue weighted by Crippen LogP contribution is -2.38. The van der Waals surface area contributed by atoms with Crippen LogP contribution in [0.3, 0.4) is 0 Å². The summed E-state index contributed by atoms with van der Waals surface area (Å²) >= 11 is 0. The molecule has 0 radical (unpaired) electrons. The number of fused-ring (bicyclic) bond motifs is 4. The zero-order chi connectivity index (χ0) is 20.8. The molecule has 1 aromatic heterocycles. The van der Waals surface area contributed by atoms with Crippen molar-refractivity contribution >= 4 is 10.9 Å². The first-order valence-electron chi connectivity index (χ1n) is 10.7. The Bertz CT molecular complexity index is 1230. The number of ether oxygens (including phenoxy) is 1. The first-order valence-corrected chi connectivity index (χ1v) is 10.7. The molecule has 0 bridgehead atoms. The van der Waals surface area contributed by atoms with E-state index in [1.54, 1.807) is 13.2 Å². The third-order valence-electron chi connectivity index (χ3n) is 6.99. The number of nitrogens with zero attached hydrogens (tertiary/aromatic N) is 1. The molecule has 3 aromatic rings. The number of para-hydroxylation sites is 1. The first-order chi connectivity index (χ1) is 14.6. The Morgan fingerprint density at radius 2 is 2.00 bits per heavy atom. The third kappa shape index (κ3) is 2.98. The molecule has 2 aliphatic rings. The van der Waals surface area contributed by atoms with Gasteiger partial charge in [0.15, 0.2) is 0 Å². The number of hydrogen-bond acceptors (Lipinski definition) is 4.